The van der Waals surface area contributed by atoms with Crippen molar-refractivity contribution in [1.82, 2.24) is 0 Å². The Kier molecular flexibility index (Phi) is 7.58. The highest BCUT2D eigenvalue weighted by atomic mass is 127. The Morgan fingerprint density at radius 2 is 2.25 bits per heavy atom. The first-order valence-corrected chi connectivity index (χ1v) is 9.32. The van der Waals surface area contributed by atoms with Crippen LogP contribution in [-0.4, -0.2) is 0 Å². The fraction of sp³-hybridized carbons (Fsp3) is 0. The summed E-state index contributed by atoms with van der Waals surface area (Å²) in [6.07, 6.45) is 1.75. The molecular weight excluding hydrogens is 318 g/mol. The van der Waals surface area contributed by atoms with Gasteiger partial charge in [-0.2, -0.15) is 0 Å². The smallest absolute Gasteiger partial charge is 0.0371 e. The van der Waals surface area contributed by atoms with Crippen molar-refractivity contribution in [2.45, 2.75) is 0 Å². The van der Waals surface area contributed by atoms with E-state index in [-0.39, 0.29) is 17.9 Å². The van der Waals surface area contributed by atoms with Gasteiger partial charge in [0, 0.05) is 39.1 Å². The van der Waals surface area contributed by atoms with Crippen LogP contribution < -0.4 is 0 Å². The molecule has 0 spiro atoms. The third-order valence-electron chi connectivity index (χ3n) is 0.0238. The first-order chi connectivity index (χ1) is 1.91. The van der Waals surface area contributed by atoms with Crippen LogP contribution in [-0.2, 0) is 0 Å². The van der Waals surface area contributed by atoms with E-state index in [1.807, 2.05) is 0 Å². The van der Waals surface area contributed by atoms with E-state index < -0.39 is 0 Å². The van der Waals surface area contributed by atoms with Crippen molar-refractivity contribution in [1.29, 1.82) is 0 Å². The predicted octanol–water partition coefficient (Wildman–Crippen LogP) is 3.07. The van der Waals surface area contributed by atoms with Crippen molar-refractivity contribution in [3.05, 3.63) is 0 Å². The fourth-order valence-electron chi connectivity index (χ4n) is 0. The summed E-state index contributed by atoms with van der Waals surface area (Å²) < 4.78 is 0. The lowest BCUT2D eigenvalue weighted by molar-refractivity contribution is 7.25. The fourth-order valence-corrected chi connectivity index (χ4v) is 0. The molecule has 4 heavy (non-hydrogen) atoms. The van der Waals surface area contributed by atoms with E-state index in [1.165, 1.54) is 0 Å². The summed E-state index contributed by atoms with van der Waals surface area (Å²) in [4.78, 5) is 0. The Labute approximate surface area is 53.6 Å². The summed E-state index contributed by atoms with van der Waals surface area (Å²) in [7, 11) is 4.62. The van der Waals surface area contributed by atoms with Crippen molar-refractivity contribution in [3.63, 3.8) is 0 Å². The highest BCUT2D eigenvalue weighted by molar-refractivity contribution is 14.4. The summed E-state index contributed by atoms with van der Waals surface area (Å²) in [6.45, 7) is 0. The maximum absolute atomic E-state index is 4.62. The molecule has 0 N–H and O–H groups in total. The second-order valence-corrected chi connectivity index (χ2v) is 11.7. The van der Waals surface area contributed by atoms with E-state index in [0.717, 1.165) is 0 Å². The first-order valence-electron chi connectivity index (χ1n) is 0.463. The normalized spacial score (nSPS) is 7.25. The molecule has 0 rings (SSSR count). The molecule has 0 aromatic rings. The van der Waals surface area contributed by atoms with Gasteiger partial charge in [-0.15, -0.1) is 0 Å². The molecule has 0 saturated heterocycles. The zero-order valence-corrected chi connectivity index (χ0v) is 7.52. The van der Waals surface area contributed by atoms with E-state index in [2.05, 4.69) is 30.5 Å². The quantitative estimate of drug-likeness (QED) is 0.682. The van der Waals surface area contributed by atoms with Crippen LogP contribution in [0.1, 0.15) is 0 Å². The van der Waals surface area contributed by atoms with E-state index in [0.29, 0.717) is 0 Å². The Morgan fingerprint density at radius 3 is 2.25 bits per heavy atom. The van der Waals surface area contributed by atoms with Crippen molar-refractivity contribution in [2.24, 2.45) is 0 Å². The Balaban J connectivity index is 2.30. The SMILES string of the molecule is S=ISI. The van der Waals surface area contributed by atoms with Crippen LogP contribution in [0.5, 0.6) is 0 Å². The largest absolute Gasteiger partial charge is 0.0397 e. The van der Waals surface area contributed by atoms with Gasteiger partial charge in [0.25, 0.3) is 0 Å². The number of rotatable bonds is 1. The third kappa shape index (κ3) is 4.03. The Morgan fingerprint density at radius 1 is 2.00 bits per heavy atom. The van der Waals surface area contributed by atoms with Gasteiger partial charge in [-0.05, 0) is 15.4 Å². The monoisotopic (exact) mass is 318 g/mol. The minimum absolute atomic E-state index is 0.0972. The van der Waals surface area contributed by atoms with E-state index >= 15 is 0 Å². The summed E-state index contributed by atoms with van der Waals surface area (Å²) in [5.74, 6) is 0. The molecule has 0 nitrogen and oxygen atoms in total. The molecule has 0 unspecified atom stereocenters. The standard InChI is InChI=1S/I2S2/c1-4-2-3. The second kappa shape index (κ2) is 5.03. The minimum atomic E-state index is 0.0972. The molecule has 0 aliphatic rings. The second-order valence-electron chi connectivity index (χ2n) is 0.121. The third-order valence-corrected chi connectivity index (χ3v) is 9.64. The topological polar surface area (TPSA) is 0 Å². The van der Waals surface area contributed by atoms with Crippen LogP contribution in [0.2, 0.25) is 0 Å². The van der Waals surface area contributed by atoms with Crippen molar-refractivity contribution >= 4 is 54.5 Å². The van der Waals surface area contributed by atoms with Gasteiger partial charge in [-0.3, -0.25) is 0 Å². The van der Waals surface area contributed by atoms with Gasteiger partial charge in [-0.25, -0.2) is 0 Å². The van der Waals surface area contributed by atoms with E-state index in [4.69, 9.17) is 0 Å². The van der Waals surface area contributed by atoms with Crippen LogP contribution in [0, 0.1) is 0 Å². The molecule has 0 radical (unpaired) electrons. The van der Waals surface area contributed by atoms with Gasteiger partial charge in [0.05, 0.1) is 0 Å². The molecular formula is I2S2. The van der Waals surface area contributed by atoms with Crippen molar-refractivity contribution in [3.8, 4) is 0 Å². The van der Waals surface area contributed by atoms with Crippen LogP contribution in [0.15, 0.2) is 0 Å². The van der Waals surface area contributed by atoms with Gasteiger partial charge < -0.3 is 0 Å². The van der Waals surface area contributed by atoms with Crippen molar-refractivity contribution in [2.75, 3.05) is 0 Å². The molecule has 4 heteroatoms. The maximum atomic E-state index is 4.62. The summed E-state index contributed by atoms with van der Waals surface area (Å²) in [6, 6.07) is 0. The van der Waals surface area contributed by atoms with Gasteiger partial charge in [0.15, 0.2) is 0 Å². The molecule has 0 saturated carbocycles. The van der Waals surface area contributed by atoms with Crippen LogP contribution >= 0.6 is 54.5 Å². The molecule has 0 atom stereocenters. The Hall–Kier alpha value is 2.03. The van der Waals surface area contributed by atoms with E-state index in [9.17, 15) is 0 Å². The maximum Gasteiger partial charge on any atom is 0.0397 e. The molecule has 0 aromatic carbocycles. The lowest BCUT2D eigenvalue weighted by Crippen LogP contribution is -0.747. The minimum Gasteiger partial charge on any atom is -0.0371 e. The summed E-state index contributed by atoms with van der Waals surface area (Å²) >= 11 is 2.31. The Bertz CT molecular complexity index is 18.0. The van der Waals surface area contributed by atoms with Gasteiger partial charge in [0.2, 0.25) is 0 Å². The molecule has 0 aromatic heterocycles. The van der Waals surface area contributed by atoms with Crippen LogP contribution in [0.4, 0.5) is 0 Å². The number of halogens is 2. The number of hydrogen-bond acceptors (Lipinski definition) is 2. The lowest BCUT2D eigenvalue weighted by atomic mass is 32.0. The molecule has 0 amide bonds. The highest BCUT2D eigenvalue weighted by Crippen LogP contribution is 2.28. The first kappa shape index (κ1) is 6.03. The zero-order chi connectivity index (χ0) is 3.41. The average Bonchev–Trinajstić information content (AvgIpc) is 1.37. The van der Waals surface area contributed by atoms with Gasteiger partial charge in [-0.1, -0.05) is 0 Å². The molecule has 0 bridgehead atoms. The molecule has 0 aliphatic carbocycles. The van der Waals surface area contributed by atoms with Gasteiger partial charge in [0.1, 0.15) is 0 Å². The molecule has 0 heterocycles. The lowest BCUT2D eigenvalue weighted by Gasteiger charge is -1.50. The summed E-state index contributed by atoms with van der Waals surface area (Å²) in [5, 5.41) is 0. The number of hydrogen-bond donors (Lipinski definition) is 0. The zero-order valence-electron chi connectivity index (χ0n) is 1.57. The summed E-state index contributed by atoms with van der Waals surface area (Å²) in [5.41, 5.74) is 0. The molecule has 26 valence electrons. The van der Waals surface area contributed by atoms with Gasteiger partial charge >= 0.3 is 0 Å². The molecule has 0 fully saturated rings. The highest BCUT2D eigenvalue weighted by Gasteiger charge is 1.52. The van der Waals surface area contributed by atoms with Crippen molar-refractivity contribution < 1.29 is 0 Å². The van der Waals surface area contributed by atoms with E-state index in [1.54, 1.807) is 6.10 Å². The molecule has 0 aliphatic heterocycles. The van der Waals surface area contributed by atoms with Crippen LogP contribution in [0.3, 0.4) is 0 Å². The van der Waals surface area contributed by atoms with Crippen LogP contribution in [0.25, 0.3) is 0 Å². The predicted molar refractivity (Wildman–Crippen MR) is 43.2 cm³/mol. The average molecular weight is 318 g/mol.